The minimum absolute atomic E-state index is 0.0919. The van der Waals surface area contributed by atoms with Crippen LogP contribution in [0.2, 0.25) is 0 Å². The lowest BCUT2D eigenvalue weighted by Gasteiger charge is -2.10. The van der Waals surface area contributed by atoms with Gasteiger partial charge in [-0.05, 0) is 39.7 Å². The molecule has 0 atom stereocenters. The van der Waals surface area contributed by atoms with Crippen LogP contribution in [0.4, 0.5) is 0 Å². The van der Waals surface area contributed by atoms with Crippen molar-refractivity contribution >= 4 is 27.5 Å². The van der Waals surface area contributed by atoms with Crippen molar-refractivity contribution in [2.24, 2.45) is 0 Å². The zero-order valence-electron chi connectivity index (χ0n) is 11.5. The zero-order valence-corrected chi connectivity index (χ0v) is 11.5. The molecule has 4 heteroatoms. The van der Waals surface area contributed by atoms with Gasteiger partial charge in [0.05, 0.1) is 0 Å². The lowest BCUT2D eigenvalue weighted by Crippen LogP contribution is -2.18. The number of rotatable bonds is 1. The summed E-state index contributed by atoms with van der Waals surface area (Å²) in [5, 5.41) is 6.69. The van der Waals surface area contributed by atoms with Crippen LogP contribution in [0.1, 0.15) is 10.4 Å². The van der Waals surface area contributed by atoms with Crippen LogP contribution in [0.5, 0.6) is 11.5 Å². The summed E-state index contributed by atoms with van der Waals surface area (Å²) in [6, 6.07) is 13.7. The van der Waals surface area contributed by atoms with Crippen LogP contribution in [0.25, 0.3) is 21.5 Å². The van der Waals surface area contributed by atoms with Gasteiger partial charge in [0.15, 0.2) is 11.5 Å². The number of hydrogen-bond acceptors (Lipinski definition) is 3. The molecule has 3 aromatic carbocycles. The van der Waals surface area contributed by atoms with E-state index in [2.05, 4.69) is 5.32 Å². The van der Waals surface area contributed by atoms with Gasteiger partial charge in [-0.1, -0.05) is 24.3 Å². The van der Waals surface area contributed by atoms with Crippen LogP contribution in [0.15, 0.2) is 42.5 Å². The third kappa shape index (κ3) is 1.72. The second-order valence-corrected chi connectivity index (χ2v) is 4.98. The molecule has 0 saturated carbocycles. The van der Waals surface area contributed by atoms with E-state index in [4.69, 9.17) is 9.47 Å². The molecule has 1 aliphatic rings. The highest BCUT2D eigenvalue weighted by atomic mass is 16.7. The molecule has 1 aliphatic heterocycles. The molecule has 1 heterocycles. The molecular formula is C17H13NO3. The molecule has 4 rings (SSSR count). The van der Waals surface area contributed by atoms with Gasteiger partial charge in [-0.15, -0.1) is 0 Å². The van der Waals surface area contributed by atoms with Crippen molar-refractivity contribution < 1.29 is 14.3 Å². The average molecular weight is 279 g/mol. The third-order valence-corrected chi connectivity index (χ3v) is 3.82. The summed E-state index contributed by atoms with van der Waals surface area (Å²) in [5.41, 5.74) is 0.666. The van der Waals surface area contributed by atoms with Gasteiger partial charge >= 0.3 is 0 Å². The second kappa shape index (κ2) is 4.38. The summed E-state index contributed by atoms with van der Waals surface area (Å²) < 4.78 is 10.9. The molecule has 1 amide bonds. The Kier molecular flexibility index (Phi) is 2.51. The molecule has 104 valence electrons. The van der Waals surface area contributed by atoms with Gasteiger partial charge in [0.25, 0.3) is 5.91 Å². The van der Waals surface area contributed by atoms with E-state index >= 15 is 0 Å². The first kappa shape index (κ1) is 12.0. The van der Waals surface area contributed by atoms with E-state index in [1.54, 1.807) is 7.05 Å². The van der Waals surface area contributed by atoms with Crippen molar-refractivity contribution in [1.29, 1.82) is 0 Å². The number of fused-ring (bicyclic) bond motifs is 4. The average Bonchev–Trinajstić information content (AvgIpc) is 2.98. The normalized spacial score (nSPS) is 12.8. The summed E-state index contributed by atoms with van der Waals surface area (Å²) in [6.45, 7) is 0.242. The van der Waals surface area contributed by atoms with Gasteiger partial charge < -0.3 is 14.8 Å². The van der Waals surface area contributed by atoms with Gasteiger partial charge in [0.2, 0.25) is 6.79 Å². The SMILES string of the molecule is CNC(=O)c1cc2cc3c(cc2c2ccccc12)OCO3. The smallest absolute Gasteiger partial charge is 0.251 e. The van der Waals surface area contributed by atoms with Crippen molar-refractivity contribution in [2.45, 2.75) is 0 Å². The Balaban J connectivity index is 2.14. The lowest BCUT2D eigenvalue weighted by atomic mass is 9.96. The Morgan fingerprint density at radius 1 is 1.00 bits per heavy atom. The largest absolute Gasteiger partial charge is 0.454 e. The summed E-state index contributed by atoms with van der Waals surface area (Å²) in [4.78, 5) is 12.1. The maximum Gasteiger partial charge on any atom is 0.251 e. The summed E-state index contributed by atoms with van der Waals surface area (Å²) >= 11 is 0. The first-order valence-electron chi connectivity index (χ1n) is 6.75. The third-order valence-electron chi connectivity index (χ3n) is 3.82. The fraction of sp³-hybridized carbons (Fsp3) is 0.118. The Bertz CT molecular complexity index is 886. The number of carbonyl (C=O) groups is 1. The number of amides is 1. The second-order valence-electron chi connectivity index (χ2n) is 4.98. The summed E-state index contributed by atoms with van der Waals surface area (Å²) in [7, 11) is 1.64. The fourth-order valence-corrected chi connectivity index (χ4v) is 2.82. The molecule has 1 N–H and O–H groups in total. The number of carbonyl (C=O) groups excluding carboxylic acids is 1. The Morgan fingerprint density at radius 2 is 1.71 bits per heavy atom. The van der Waals surface area contributed by atoms with Gasteiger partial charge in [-0.2, -0.15) is 0 Å². The van der Waals surface area contributed by atoms with Crippen molar-refractivity contribution in [3.05, 3.63) is 48.0 Å². The molecule has 0 radical (unpaired) electrons. The van der Waals surface area contributed by atoms with E-state index in [-0.39, 0.29) is 12.7 Å². The summed E-state index contributed by atoms with van der Waals surface area (Å²) in [6.07, 6.45) is 0. The van der Waals surface area contributed by atoms with E-state index in [1.807, 2.05) is 42.5 Å². The molecular weight excluding hydrogens is 266 g/mol. The number of benzene rings is 3. The number of ether oxygens (including phenoxy) is 2. The highest BCUT2D eigenvalue weighted by Gasteiger charge is 2.17. The van der Waals surface area contributed by atoms with Gasteiger partial charge in [0, 0.05) is 12.6 Å². The van der Waals surface area contributed by atoms with E-state index in [0.717, 1.165) is 33.0 Å². The molecule has 0 aromatic heterocycles. The van der Waals surface area contributed by atoms with Crippen LogP contribution in [0, 0.1) is 0 Å². The molecule has 0 bridgehead atoms. The first-order chi connectivity index (χ1) is 10.3. The van der Waals surface area contributed by atoms with Gasteiger partial charge in [-0.25, -0.2) is 0 Å². The fourth-order valence-electron chi connectivity index (χ4n) is 2.82. The standard InChI is InChI=1S/C17H13NO3/c1-18-17(19)14-6-10-7-15-16(21-9-20-15)8-13(10)11-4-2-3-5-12(11)14/h2-8H,9H2,1H3,(H,18,19). The number of hydrogen-bond donors (Lipinski definition) is 1. The quantitative estimate of drug-likeness (QED) is 0.696. The minimum Gasteiger partial charge on any atom is -0.454 e. The highest BCUT2D eigenvalue weighted by molar-refractivity contribution is 6.17. The maximum absolute atomic E-state index is 12.1. The van der Waals surface area contributed by atoms with Crippen LogP contribution < -0.4 is 14.8 Å². The van der Waals surface area contributed by atoms with Crippen molar-refractivity contribution in [3.63, 3.8) is 0 Å². The van der Waals surface area contributed by atoms with Crippen LogP contribution in [-0.4, -0.2) is 19.7 Å². The van der Waals surface area contributed by atoms with Gasteiger partial charge in [0.1, 0.15) is 0 Å². The van der Waals surface area contributed by atoms with E-state index in [9.17, 15) is 4.79 Å². The Morgan fingerprint density at radius 3 is 2.48 bits per heavy atom. The minimum atomic E-state index is -0.0919. The van der Waals surface area contributed by atoms with Crippen LogP contribution in [0.3, 0.4) is 0 Å². The Hall–Kier alpha value is -2.75. The zero-order chi connectivity index (χ0) is 14.4. The van der Waals surface area contributed by atoms with E-state index < -0.39 is 0 Å². The van der Waals surface area contributed by atoms with Gasteiger partial charge in [-0.3, -0.25) is 4.79 Å². The maximum atomic E-state index is 12.1. The molecule has 0 spiro atoms. The molecule has 3 aromatic rings. The lowest BCUT2D eigenvalue weighted by molar-refractivity contribution is 0.0965. The summed E-state index contributed by atoms with van der Waals surface area (Å²) in [5.74, 6) is 1.38. The molecule has 0 saturated heterocycles. The topological polar surface area (TPSA) is 47.6 Å². The molecule has 0 fully saturated rings. The number of nitrogens with one attached hydrogen (secondary N) is 1. The Labute approximate surface area is 121 Å². The van der Waals surface area contributed by atoms with E-state index in [0.29, 0.717) is 5.56 Å². The highest BCUT2D eigenvalue weighted by Crippen LogP contribution is 2.39. The molecule has 4 nitrogen and oxygen atoms in total. The van der Waals surface area contributed by atoms with Crippen molar-refractivity contribution in [2.75, 3.05) is 13.8 Å². The molecule has 0 unspecified atom stereocenters. The monoisotopic (exact) mass is 279 g/mol. The van der Waals surface area contributed by atoms with Crippen molar-refractivity contribution in [1.82, 2.24) is 5.32 Å². The van der Waals surface area contributed by atoms with E-state index in [1.165, 1.54) is 0 Å². The first-order valence-corrected chi connectivity index (χ1v) is 6.75. The van der Waals surface area contributed by atoms with Crippen LogP contribution in [-0.2, 0) is 0 Å². The van der Waals surface area contributed by atoms with Crippen molar-refractivity contribution in [3.8, 4) is 11.5 Å². The predicted octanol–water partition coefficient (Wildman–Crippen LogP) is 3.08. The predicted molar refractivity (Wildman–Crippen MR) is 81.0 cm³/mol. The molecule has 21 heavy (non-hydrogen) atoms. The van der Waals surface area contributed by atoms with Crippen LogP contribution >= 0.6 is 0 Å². The molecule has 0 aliphatic carbocycles.